The molecule has 3 amide bonds. The molecule has 2 N–H and O–H groups in total. The summed E-state index contributed by atoms with van der Waals surface area (Å²) in [6, 6.07) is 8.38. The molecular formula is C23H31N5O4. The van der Waals surface area contributed by atoms with Crippen LogP contribution in [0.2, 0.25) is 0 Å². The molecule has 1 aliphatic rings. The summed E-state index contributed by atoms with van der Waals surface area (Å²) >= 11 is 0. The molecule has 9 nitrogen and oxygen atoms in total. The Balaban J connectivity index is 1.52. The Bertz CT molecular complexity index is 963. The molecule has 9 heteroatoms. The number of aromatic nitrogens is 1. The minimum Gasteiger partial charge on any atom is -0.360 e. The second-order valence-corrected chi connectivity index (χ2v) is 8.48. The molecule has 1 atom stereocenters. The monoisotopic (exact) mass is 441 g/mol. The number of hydrogen-bond donors (Lipinski definition) is 2. The number of amides is 3. The van der Waals surface area contributed by atoms with Gasteiger partial charge in [-0.1, -0.05) is 37.2 Å². The third-order valence-corrected chi connectivity index (χ3v) is 5.56. The first-order chi connectivity index (χ1) is 15.2. The summed E-state index contributed by atoms with van der Waals surface area (Å²) in [7, 11) is 0. The predicted molar refractivity (Wildman–Crippen MR) is 120 cm³/mol. The lowest BCUT2D eigenvalue weighted by Crippen LogP contribution is -2.57. The first-order valence-electron chi connectivity index (χ1n) is 10.9. The van der Waals surface area contributed by atoms with Crippen LogP contribution in [0, 0.1) is 19.8 Å². The van der Waals surface area contributed by atoms with E-state index in [9.17, 15) is 14.4 Å². The predicted octanol–water partition coefficient (Wildman–Crippen LogP) is 1.83. The van der Waals surface area contributed by atoms with Gasteiger partial charge in [0.05, 0.1) is 6.54 Å². The van der Waals surface area contributed by atoms with E-state index in [4.69, 9.17) is 4.52 Å². The number of carbonyl (C=O) groups is 3. The molecule has 1 aromatic carbocycles. The van der Waals surface area contributed by atoms with Gasteiger partial charge < -0.3 is 20.1 Å². The highest BCUT2D eigenvalue weighted by Crippen LogP contribution is 2.13. The Kier molecular flexibility index (Phi) is 7.63. The van der Waals surface area contributed by atoms with E-state index in [1.807, 2.05) is 43.9 Å². The van der Waals surface area contributed by atoms with Gasteiger partial charge in [-0.2, -0.15) is 0 Å². The van der Waals surface area contributed by atoms with E-state index >= 15 is 0 Å². The van der Waals surface area contributed by atoms with Crippen molar-refractivity contribution in [3.8, 4) is 0 Å². The molecule has 1 saturated heterocycles. The van der Waals surface area contributed by atoms with Crippen LogP contribution in [0.3, 0.4) is 0 Å². The molecule has 2 aromatic rings. The van der Waals surface area contributed by atoms with E-state index in [0.29, 0.717) is 43.3 Å². The number of aryl methyl sites for hydroxylation is 2. The number of hydrogen-bond acceptors (Lipinski definition) is 6. The number of benzene rings is 1. The number of nitrogens with one attached hydrogen (secondary N) is 2. The van der Waals surface area contributed by atoms with Crippen molar-refractivity contribution in [2.75, 3.05) is 38.0 Å². The van der Waals surface area contributed by atoms with Gasteiger partial charge in [0.2, 0.25) is 11.8 Å². The molecule has 1 aromatic heterocycles. The number of nitrogens with zero attached hydrogens (tertiary/aromatic N) is 3. The largest absolute Gasteiger partial charge is 0.360 e. The van der Waals surface area contributed by atoms with E-state index in [1.54, 1.807) is 24.0 Å². The molecule has 0 bridgehead atoms. The molecule has 1 fully saturated rings. The fraction of sp³-hybridized carbons (Fsp3) is 0.478. The molecule has 0 spiro atoms. The van der Waals surface area contributed by atoms with Crippen molar-refractivity contribution in [1.29, 1.82) is 0 Å². The van der Waals surface area contributed by atoms with Crippen LogP contribution in [0.1, 0.15) is 35.5 Å². The van der Waals surface area contributed by atoms with Crippen LogP contribution >= 0.6 is 0 Å². The fourth-order valence-corrected chi connectivity index (χ4v) is 3.69. The van der Waals surface area contributed by atoms with E-state index in [2.05, 4.69) is 15.8 Å². The summed E-state index contributed by atoms with van der Waals surface area (Å²) in [5, 5.41) is 9.38. The molecule has 0 radical (unpaired) electrons. The molecule has 3 rings (SSSR count). The average Bonchev–Trinajstić information content (AvgIpc) is 3.16. The minimum atomic E-state index is -0.604. The van der Waals surface area contributed by atoms with Gasteiger partial charge in [0.15, 0.2) is 5.82 Å². The van der Waals surface area contributed by atoms with Gasteiger partial charge in [-0.15, -0.1) is 0 Å². The molecule has 172 valence electrons. The number of carbonyl (C=O) groups excluding carboxylic acids is 3. The minimum absolute atomic E-state index is 0.0507. The quantitative estimate of drug-likeness (QED) is 0.679. The molecule has 2 heterocycles. The summed E-state index contributed by atoms with van der Waals surface area (Å²) in [5.41, 5.74) is 1.44. The van der Waals surface area contributed by atoms with Gasteiger partial charge in [-0.25, -0.2) is 0 Å². The zero-order chi connectivity index (χ0) is 23.3. The van der Waals surface area contributed by atoms with Crippen molar-refractivity contribution >= 4 is 23.5 Å². The Morgan fingerprint density at radius 1 is 1.09 bits per heavy atom. The highest BCUT2D eigenvalue weighted by Gasteiger charge is 2.31. The second-order valence-electron chi connectivity index (χ2n) is 8.48. The van der Waals surface area contributed by atoms with Crippen LogP contribution in [-0.4, -0.2) is 71.4 Å². The lowest BCUT2D eigenvalue weighted by Gasteiger charge is -2.37. The van der Waals surface area contributed by atoms with Gasteiger partial charge in [-0.05, 0) is 31.4 Å². The van der Waals surface area contributed by atoms with Crippen LogP contribution in [0.5, 0.6) is 0 Å². The summed E-state index contributed by atoms with van der Waals surface area (Å²) in [5.74, 6) is 0.457. The zero-order valence-corrected chi connectivity index (χ0v) is 19.1. The van der Waals surface area contributed by atoms with Crippen molar-refractivity contribution in [1.82, 2.24) is 20.3 Å². The standard InChI is InChI=1S/C23H31N5O4/c1-15(2)21(25-22(30)18-8-6-5-7-16(18)3)23(31)28-11-9-27(10-12-28)14-20(29)24-19-13-17(4)32-26-19/h5-8,13,15,21H,9-12,14H2,1-4H3,(H,25,30)(H,24,26,29)/t21-/m0/s1. The summed E-state index contributed by atoms with van der Waals surface area (Å²) in [6.45, 7) is 9.84. The van der Waals surface area contributed by atoms with Crippen molar-refractivity contribution in [2.45, 2.75) is 33.7 Å². The third kappa shape index (κ3) is 5.94. The highest BCUT2D eigenvalue weighted by atomic mass is 16.5. The van der Waals surface area contributed by atoms with Crippen LogP contribution in [-0.2, 0) is 9.59 Å². The first kappa shape index (κ1) is 23.5. The van der Waals surface area contributed by atoms with Gasteiger partial charge >= 0.3 is 0 Å². The fourth-order valence-electron chi connectivity index (χ4n) is 3.69. The van der Waals surface area contributed by atoms with Gasteiger partial charge in [-0.3, -0.25) is 19.3 Å². The first-order valence-corrected chi connectivity index (χ1v) is 10.9. The maximum Gasteiger partial charge on any atom is 0.252 e. The van der Waals surface area contributed by atoms with E-state index in [-0.39, 0.29) is 30.2 Å². The number of anilines is 1. The molecule has 0 unspecified atom stereocenters. The maximum atomic E-state index is 13.2. The lowest BCUT2D eigenvalue weighted by atomic mass is 10.0. The zero-order valence-electron chi connectivity index (χ0n) is 19.1. The van der Waals surface area contributed by atoms with Crippen molar-refractivity contribution in [2.24, 2.45) is 5.92 Å². The van der Waals surface area contributed by atoms with E-state index in [1.165, 1.54) is 0 Å². The molecule has 1 aliphatic heterocycles. The Morgan fingerprint density at radius 3 is 2.38 bits per heavy atom. The molecular weight excluding hydrogens is 410 g/mol. The molecule has 32 heavy (non-hydrogen) atoms. The van der Waals surface area contributed by atoms with E-state index < -0.39 is 6.04 Å². The van der Waals surface area contributed by atoms with Gasteiger partial charge in [0.25, 0.3) is 5.91 Å². The molecule has 0 saturated carbocycles. The SMILES string of the molecule is Cc1cc(NC(=O)CN2CCN(C(=O)[C@@H](NC(=O)c3ccccc3C)C(C)C)CC2)no1. The smallest absolute Gasteiger partial charge is 0.252 e. The Labute approximate surface area is 188 Å². The Hall–Kier alpha value is -3.20. The molecule has 0 aliphatic carbocycles. The van der Waals surface area contributed by atoms with Crippen LogP contribution in [0.4, 0.5) is 5.82 Å². The summed E-state index contributed by atoms with van der Waals surface area (Å²) in [4.78, 5) is 41.9. The van der Waals surface area contributed by atoms with Crippen molar-refractivity contribution in [3.63, 3.8) is 0 Å². The average molecular weight is 442 g/mol. The summed E-state index contributed by atoms with van der Waals surface area (Å²) in [6.07, 6.45) is 0. The Morgan fingerprint density at radius 2 is 1.78 bits per heavy atom. The van der Waals surface area contributed by atoms with Crippen molar-refractivity contribution < 1.29 is 18.9 Å². The third-order valence-electron chi connectivity index (χ3n) is 5.56. The topological polar surface area (TPSA) is 108 Å². The van der Waals surface area contributed by atoms with E-state index in [0.717, 1.165) is 5.56 Å². The van der Waals surface area contributed by atoms with Gasteiger partial charge in [0, 0.05) is 37.8 Å². The highest BCUT2D eigenvalue weighted by molar-refractivity contribution is 5.98. The van der Waals surface area contributed by atoms with Crippen LogP contribution in [0.15, 0.2) is 34.9 Å². The lowest BCUT2D eigenvalue weighted by molar-refractivity contribution is -0.136. The normalized spacial score (nSPS) is 15.5. The van der Waals surface area contributed by atoms with Crippen LogP contribution in [0.25, 0.3) is 0 Å². The number of piperazine rings is 1. The maximum absolute atomic E-state index is 13.2. The number of rotatable bonds is 7. The summed E-state index contributed by atoms with van der Waals surface area (Å²) < 4.78 is 4.95. The van der Waals surface area contributed by atoms with Crippen LogP contribution < -0.4 is 10.6 Å². The van der Waals surface area contributed by atoms with Crippen molar-refractivity contribution in [3.05, 3.63) is 47.2 Å². The van der Waals surface area contributed by atoms with Gasteiger partial charge in [0.1, 0.15) is 11.8 Å². The second kappa shape index (κ2) is 10.4.